The normalized spacial score (nSPS) is 11.1. The molecule has 0 bridgehead atoms. The van der Waals surface area contributed by atoms with Gasteiger partial charge in [-0.25, -0.2) is 0 Å². The molecule has 4 aromatic rings. The summed E-state index contributed by atoms with van der Waals surface area (Å²) in [5, 5.41) is 4.41. The van der Waals surface area contributed by atoms with Crippen LogP contribution >= 0.6 is 0 Å². The summed E-state index contributed by atoms with van der Waals surface area (Å²) < 4.78 is 11.8. The Morgan fingerprint density at radius 1 is 0.643 bits per heavy atom. The number of fused-ring (bicyclic) bond motifs is 2. The van der Waals surface area contributed by atoms with Gasteiger partial charge in [-0.15, -0.1) is 0 Å². The number of nitrogens with two attached hydrogens (primary N) is 2. The number of ether oxygens (including phenoxy) is 2. The number of methoxy groups -OCH3 is 2. The van der Waals surface area contributed by atoms with E-state index in [1.807, 2.05) is 24.3 Å². The maximum Gasteiger partial charge on any atom is 0.131 e. The van der Waals surface area contributed by atoms with Crippen molar-refractivity contribution in [2.75, 3.05) is 14.2 Å². The second kappa shape index (κ2) is 7.50. The first-order valence-corrected chi connectivity index (χ1v) is 9.31. The van der Waals surface area contributed by atoms with Crippen LogP contribution in [0.15, 0.2) is 60.7 Å². The standard InChI is InChI=1S/C24H24N2O2/c1-27-23-17(13-25)11-15-7-3-5-9-19(15)21(23)22-20-10-6-4-8-16(20)12-18(14-26)24(22)28-2/h3-12H,13-14,25-26H2,1-2H3. The van der Waals surface area contributed by atoms with Gasteiger partial charge >= 0.3 is 0 Å². The number of rotatable bonds is 5. The lowest BCUT2D eigenvalue weighted by Crippen LogP contribution is -2.05. The fourth-order valence-electron chi connectivity index (χ4n) is 4.04. The summed E-state index contributed by atoms with van der Waals surface area (Å²) in [6.45, 7) is 0.773. The predicted molar refractivity (Wildman–Crippen MR) is 116 cm³/mol. The number of hydrogen-bond donors (Lipinski definition) is 2. The van der Waals surface area contributed by atoms with Crippen LogP contribution < -0.4 is 20.9 Å². The smallest absolute Gasteiger partial charge is 0.131 e. The third-order valence-corrected chi connectivity index (χ3v) is 5.26. The van der Waals surface area contributed by atoms with Crippen LogP contribution in [0.1, 0.15) is 11.1 Å². The first-order valence-electron chi connectivity index (χ1n) is 9.31. The van der Waals surface area contributed by atoms with Crippen LogP contribution in [0.25, 0.3) is 32.7 Å². The summed E-state index contributed by atoms with van der Waals surface area (Å²) in [6.07, 6.45) is 0. The zero-order valence-corrected chi connectivity index (χ0v) is 16.2. The van der Waals surface area contributed by atoms with Crippen LogP contribution in [0.2, 0.25) is 0 Å². The Morgan fingerprint density at radius 2 is 1.04 bits per heavy atom. The molecular formula is C24H24N2O2. The van der Waals surface area contributed by atoms with E-state index in [-0.39, 0.29) is 0 Å². The van der Waals surface area contributed by atoms with E-state index in [0.29, 0.717) is 13.1 Å². The van der Waals surface area contributed by atoms with Crippen molar-refractivity contribution in [3.05, 3.63) is 71.8 Å². The molecule has 0 saturated heterocycles. The van der Waals surface area contributed by atoms with Crippen molar-refractivity contribution in [3.8, 4) is 22.6 Å². The molecule has 0 fully saturated rings. The molecule has 0 amide bonds. The minimum atomic E-state index is 0.387. The molecule has 4 heteroatoms. The fraction of sp³-hybridized carbons (Fsp3) is 0.167. The van der Waals surface area contributed by atoms with Crippen molar-refractivity contribution < 1.29 is 9.47 Å². The topological polar surface area (TPSA) is 70.5 Å². The Hall–Kier alpha value is -3.08. The van der Waals surface area contributed by atoms with Gasteiger partial charge in [-0.2, -0.15) is 0 Å². The lowest BCUT2D eigenvalue weighted by Gasteiger charge is -2.21. The van der Waals surface area contributed by atoms with Crippen molar-refractivity contribution in [1.82, 2.24) is 0 Å². The molecule has 142 valence electrons. The fourth-order valence-corrected chi connectivity index (χ4v) is 4.04. The van der Waals surface area contributed by atoms with Gasteiger partial charge in [0.05, 0.1) is 14.2 Å². The molecule has 0 aliphatic carbocycles. The van der Waals surface area contributed by atoms with Gasteiger partial charge < -0.3 is 20.9 Å². The number of benzene rings is 4. The Morgan fingerprint density at radius 3 is 1.39 bits per heavy atom. The molecule has 0 atom stereocenters. The van der Waals surface area contributed by atoms with Crippen LogP contribution in [0, 0.1) is 0 Å². The number of hydrogen-bond acceptors (Lipinski definition) is 4. The molecule has 4 N–H and O–H groups in total. The Kier molecular flexibility index (Phi) is 4.90. The van der Waals surface area contributed by atoms with Gasteiger partial charge in [0, 0.05) is 35.3 Å². The third kappa shape index (κ3) is 2.78. The molecule has 0 aromatic heterocycles. The lowest BCUT2D eigenvalue weighted by atomic mass is 9.88. The van der Waals surface area contributed by atoms with Crippen molar-refractivity contribution in [3.63, 3.8) is 0 Å². The maximum absolute atomic E-state index is 6.07. The third-order valence-electron chi connectivity index (χ3n) is 5.26. The summed E-state index contributed by atoms with van der Waals surface area (Å²) in [5.74, 6) is 1.55. The van der Waals surface area contributed by atoms with E-state index in [1.54, 1.807) is 14.2 Å². The average Bonchev–Trinajstić information content (AvgIpc) is 2.76. The van der Waals surface area contributed by atoms with Crippen molar-refractivity contribution >= 4 is 21.5 Å². The van der Waals surface area contributed by atoms with Crippen molar-refractivity contribution in [2.24, 2.45) is 11.5 Å². The van der Waals surface area contributed by atoms with Crippen LogP contribution in [-0.4, -0.2) is 14.2 Å². The van der Waals surface area contributed by atoms with E-state index in [9.17, 15) is 0 Å². The first-order chi connectivity index (χ1) is 13.7. The highest BCUT2D eigenvalue weighted by atomic mass is 16.5. The van der Waals surface area contributed by atoms with Crippen molar-refractivity contribution in [1.29, 1.82) is 0 Å². The molecule has 4 nitrogen and oxygen atoms in total. The van der Waals surface area contributed by atoms with E-state index in [0.717, 1.165) is 55.3 Å². The van der Waals surface area contributed by atoms with E-state index in [1.165, 1.54) is 0 Å². The van der Waals surface area contributed by atoms with Crippen LogP contribution in [0.4, 0.5) is 0 Å². The average molecular weight is 372 g/mol. The second-order valence-electron chi connectivity index (χ2n) is 6.74. The zero-order valence-electron chi connectivity index (χ0n) is 16.2. The zero-order chi connectivity index (χ0) is 19.7. The predicted octanol–water partition coefficient (Wildman–Crippen LogP) is 4.59. The SMILES string of the molecule is COc1c(CN)cc2ccccc2c1-c1c(OC)c(CN)cc2ccccc12. The molecule has 0 saturated carbocycles. The molecular weight excluding hydrogens is 348 g/mol. The lowest BCUT2D eigenvalue weighted by molar-refractivity contribution is 0.406. The van der Waals surface area contributed by atoms with Crippen LogP contribution in [0.3, 0.4) is 0 Å². The summed E-state index contributed by atoms with van der Waals surface area (Å²) in [4.78, 5) is 0. The van der Waals surface area contributed by atoms with E-state index in [2.05, 4.69) is 36.4 Å². The van der Waals surface area contributed by atoms with Gasteiger partial charge in [0.2, 0.25) is 0 Å². The molecule has 0 radical (unpaired) electrons. The van der Waals surface area contributed by atoms with E-state index < -0.39 is 0 Å². The van der Waals surface area contributed by atoms with Gasteiger partial charge in [0.15, 0.2) is 0 Å². The van der Waals surface area contributed by atoms with Gasteiger partial charge in [0.25, 0.3) is 0 Å². The molecule has 4 rings (SSSR count). The Bertz CT molecular complexity index is 1080. The molecule has 0 aliphatic rings. The minimum Gasteiger partial charge on any atom is -0.496 e. The maximum atomic E-state index is 6.07. The van der Waals surface area contributed by atoms with Gasteiger partial charge in [-0.05, 0) is 33.7 Å². The van der Waals surface area contributed by atoms with E-state index in [4.69, 9.17) is 20.9 Å². The molecule has 0 heterocycles. The van der Waals surface area contributed by atoms with Gasteiger partial charge in [-0.3, -0.25) is 0 Å². The Balaban J connectivity index is 2.27. The summed E-state index contributed by atoms with van der Waals surface area (Å²) in [5.41, 5.74) is 16.0. The minimum absolute atomic E-state index is 0.387. The molecule has 0 unspecified atom stereocenters. The molecule has 0 aliphatic heterocycles. The highest BCUT2D eigenvalue weighted by Gasteiger charge is 2.22. The highest BCUT2D eigenvalue weighted by Crippen LogP contribution is 2.48. The van der Waals surface area contributed by atoms with E-state index >= 15 is 0 Å². The largest absolute Gasteiger partial charge is 0.496 e. The molecule has 4 aromatic carbocycles. The quantitative estimate of drug-likeness (QED) is 0.537. The summed E-state index contributed by atoms with van der Waals surface area (Å²) in [7, 11) is 3.38. The van der Waals surface area contributed by atoms with Crippen molar-refractivity contribution in [2.45, 2.75) is 13.1 Å². The highest BCUT2D eigenvalue weighted by molar-refractivity contribution is 6.10. The summed E-state index contributed by atoms with van der Waals surface area (Å²) >= 11 is 0. The monoisotopic (exact) mass is 372 g/mol. The van der Waals surface area contributed by atoms with Gasteiger partial charge in [-0.1, -0.05) is 48.5 Å². The molecule has 28 heavy (non-hydrogen) atoms. The van der Waals surface area contributed by atoms with Gasteiger partial charge in [0.1, 0.15) is 11.5 Å². The first kappa shape index (κ1) is 18.3. The summed E-state index contributed by atoms with van der Waals surface area (Å²) in [6, 6.07) is 20.7. The van der Waals surface area contributed by atoms with Crippen LogP contribution in [0.5, 0.6) is 11.5 Å². The molecule has 0 spiro atoms. The Labute approximate surface area is 164 Å². The second-order valence-corrected chi connectivity index (χ2v) is 6.74. The van der Waals surface area contributed by atoms with Crippen LogP contribution in [-0.2, 0) is 13.1 Å².